The molecule has 0 saturated carbocycles. The highest BCUT2D eigenvalue weighted by molar-refractivity contribution is 5.85. The van der Waals surface area contributed by atoms with Gasteiger partial charge in [0.05, 0.1) is 12.5 Å². The molecule has 2 N–H and O–H groups in total. The van der Waals surface area contributed by atoms with Crippen LogP contribution in [-0.2, 0) is 9.59 Å². The summed E-state index contributed by atoms with van der Waals surface area (Å²) in [7, 11) is 0. The number of nitrogens with one attached hydrogen (secondary N) is 2. The molecule has 2 aliphatic heterocycles. The number of amides is 2. The SMILES string of the molecule is CCC(C)NC(=O)CN1CCN(C(=O)C2CNC2)CC1.Cl. The van der Waals surface area contributed by atoms with Gasteiger partial charge in [-0.25, -0.2) is 0 Å². The molecule has 0 aromatic rings. The van der Waals surface area contributed by atoms with Crippen LogP contribution in [0.25, 0.3) is 0 Å². The fraction of sp³-hybridized carbons (Fsp3) is 0.857. The summed E-state index contributed by atoms with van der Waals surface area (Å²) in [6.07, 6.45) is 0.948. The van der Waals surface area contributed by atoms with Crippen LogP contribution in [0, 0.1) is 5.92 Å². The van der Waals surface area contributed by atoms with E-state index in [2.05, 4.69) is 22.5 Å². The molecule has 0 radical (unpaired) electrons. The van der Waals surface area contributed by atoms with E-state index in [-0.39, 0.29) is 36.2 Å². The molecule has 2 saturated heterocycles. The van der Waals surface area contributed by atoms with Crippen molar-refractivity contribution in [2.75, 3.05) is 45.8 Å². The molecule has 1 unspecified atom stereocenters. The van der Waals surface area contributed by atoms with Crippen molar-refractivity contribution in [2.24, 2.45) is 5.92 Å². The average Bonchev–Trinajstić information content (AvgIpc) is 2.37. The van der Waals surface area contributed by atoms with E-state index in [1.165, 1.54) is 0 Å². The molecule has 7 heteroatoms. The fourth-order valence-electron chi connectivity index (χ4n) is 2.47. The Labute approximate surface area is 133 Å². The molecule has 6 nitrogen and oxygen atoms in total. The monoisotopic (exact) mass is 318 g/mol. The summed E-state index contributed by atoms with van der Waals surface area (Å²) < 4.78 is 0. The fourth-order valence-corrected chi connectivity index (χ4v) is 2.47. The van der Waals surface area contributed by atoms with Crippen molar-refractivity contribution in [1.82, 2.24) is 20.4 Å². The van der Waals surface area contributed by atoms with Gasteiger partial charge in [0.15, 0.2) is 0 Å². The van der Waals surface area contributed by atoms with Crippen molar-refractivity contribution in [2.45, 2.75) is 26.3 Å². The van der Waals surface area contributed by atoms with Gasteiger partial charge >= 0.3 is 0 Å². The Morgan fingerprint density at radius 1 is 1.24 bits per heavy atom. The lowest BCUT2D eigenvalue weighted by Gasteiger charge is -2.38. The summed E-state index contributed by atoms with van der Waals surface area (Å²) >= 11 is 0. The maximum absolute atomic E-state index is 12.1. The van der Waals surface area contributed by atoms with Gasteiger partial charge in [0.2, 0.25) is 11.8 Å². The van der Waals surface area contributed by atoms with Crippen LogP contribution >= 0.6 is 12.4 Å². The summed E-state index contributed by atoms with van der Waals surface area (Å²) in [6, 6.07) is 0.233. The number of carbonyl (C=O) groups excluding carboxylic acids is 2. The number of rotatable bonds is 5. The van der Waals surface area contributed by atoms with Crippen LogP contribution in [0.15, 0.2) is 0 Å². The van der Waals surface area contributed by atoms with E-state index in [9.17, 15) is 9.59 Å². The number of hydrogen-bond acceptors (Lipinski definition) is 4. The number of hydrogen-bond donors (Lipinski definition) is 2. The second-order valence-corrected chi connectivity index (χ2v) is 5.83. The van der Waals surface area contributed by atoms with Crippen LogP contribution in [0.1, 0.15) is 20.3 Å². The lowest BCUT2D eigenvalue weighted by molar-refractivity contribution is -0.139. The summed E-state index contributed by atoms with van der Waals surface area (Å²) in [5, 5.41) is 6.11. The van der Waals surface area contributed by atoms with Crippen molar-refractivity contribution >= 4 is 24.2 Å². The summed E-state index contributed by atoms with van der Waals surface area (Å²) in [5.41, 5.74) is 0. The van der Waals surface area contributed by atoms with Gasteiger partial charge < -0.3 is 15.5 Å². The number of nitrogens with zero attached hydrogens (tertiary/aromatic N) is 2. The molecule has 21 heavy (non-hydrogen) atoms. The molecule has 1 atom stereocenters. The van der Waals surface area contributed by atoms with Crippen LogP contribution in [0.5, 0.6) is 0 Å². The van der Waals surface area contributed by atoms with E-state index in [1.807, 2.05) is 11.8 Å². The average molecular weight is 319 g/mol. The standard InChI is InChI=1S/C14H26N4O2.ClH/c1-3-11(2)16-13(19)10-17-4-6-18(7-5-17)14(20)12-8-15-9-12;/h11-12,15H,3-10H2,1-2H3,(H,16,19);1H. The smallest absolute Gasteiger partial charge is 0.234 e. The van der Waals surface area contributed by atoms with Gasteiger partial charge in [-0.3, -0.25) is 14.5 Å². The molecule has 2 fully saturated rings. The van der Waals surface area contributed by atoms with E-state index < -0.39 is 0 Å². The Kier molecular flexibility index (Phi) is 7.42. The van der Waals surface area contributed by atoms with Crippen LogP contribution in [0.3, 0.4) is 0 Å². The molecular formula is C14H27ClN4O2. The first-order chi connectivity index (χ1) is 9.60. The zero-order valence-electron chi connectivity index (χ0n) is 12.9. The van der Waals surface area contributed by atoms with E-state index in [0.717, 1.165) is 45.7 Å². The molecule has 2 rings (SSSR count). The first kappa shape index (κ1) is 18.2. The van der Waals surface area contributed by atoms with E-state index in [0.29, 0.717) is 6.54 Å². The number of piperazine rings is 1. The molecule has 2 aliphatic rings. The Hall–Kier alpha value is -0.850. The van der Waals surface area contributed by atoms with Crippen molar-refractivity contribution in [3.8, 4) is 0 Å². The maximum Gasteiger partial charge on any atom is 0.234 e. The minimum absolute atomic E-state index is 0. The lowest BCUT2D eigenvalue weighted by atomic mass is 10.0. The quantitative estimate of drug-likeness (QED) is 0.730. The van der Waals surface area contributed by atoms with Crippen LogP contribution in [-0.4, -0.2) is 73.5 Å². The third-order valence-electron chi connectivity index (χ3n) is 4.20. The topological polar surface area (TPSA) is 64.7 Å². The molecule has 0 spiro atoms. The highest BCUT2D eigenvalue weighted by Crippen LogP contribution is 2.11. The number of halogens is 1. The Balaban J connectivity index is 0.00000220. The molecule has 0 aromatic heterocycles. The van der Waals surface area contributed by atoms with E-state index >= 15 is 0 Å². The van der Waals surface area contributed by atoms with Crippen LogP contribution in [0.4, 0.5) is 0 Å². The van der Waals surface area contributed by atoms with Crippen molar-refractivity contribution in [3.05, 3.63) is 0 Å². The second kappa shape index (κ2) is 8.56. The van der Waals surface area contributed by atoms with Crippen LogP contribution < -0.4 is 10.6 Å². The van der Waals surface area contributed by atoms with Gasteiger partial charge in [0.1, 0.15) is 0 Å². The van der Waals surface area contributed by atoms with Gasteiger partial charge in [-0.1, -0.05) is 6.92 Å². The summed E-state index contributed by atoms with van der Waals surface area (Å²) in [5.74, 6) is 0.532. The third-order valence-corrected chi connectivity index (χ3v) is 4.20. The van der Waals surface area contributed by atoms with E-state index in [1.54, 1.807) is 0 Å². The van der Waals surface area contributed by atoms with Crippen LogP contribution in [0.2, 0.25) is 0 Å². The highest BCUT2D eigenvalue weighted by atomic mass is 35.5. The minimum Gasteiger partial charge on any atom is -0.353 e. The summed E-state index contributed by atoms with van der Waals surface area (Å²) in [4.78, 5) is 28.0. The lowest BCUT2D eigenvalue weighted by Crippen LogP contribution is -2.57. The second-order valence-electron chi connectivity index (χ2n) is 5.83. The zero-order valence-corrected chi connectivity index (χ0v) is 13.7. The third kappa shape index (κ3) is 5.13. The molecule has 0 aliphatic carbocycles. The molecule has 122 valence electrons. The maximum atomic E-state index is 12.1. The van der Waals surface area contributed by atoms with Gasteiger partial charge in [0.25, 0.3) is 0 Å². The van der Waals surface area contributed by atoms with Gasteiger partial charge in [0, 0.05) is 45.3 Å². The Bertz CT molecular complexity index is 355. The predicted molar refractivity (Wildman–Crippen MR) is 84.5 cm³/mol. The molecular weight excluding hydrogens is 292 g/mol. The van der Waals surface area contributed by atoms with E-state index in [4.69, 9.17) is 0 Å². The first-order valence-corrected chi connectivity index (χ1v) is 7.61. The highest BCUT2D eigenvalue weighted by Gasteiger charge is 2.31. The van der Waals surface area contributed by atoms with Gasteiger partial charge in [-0.15, -0.1) is 12.4 Å². The summed E-state index contributed by atoms with van der Waals surface area (Å²) in [6.45, 7) is 9.22. The number of carbonyl (C=O) groups is 2. The molecule has 0 aromatic carbocycles. The van der Waals surface area contributed by atoms with Gasteiger partial charge in [-0.05, 0) is 13.3 Å². The Morgan fingerprint density at radius 3 is 2.33 bits per heavy atom. The normalized spacial score (nSPS) is 21.1. The van der Waals surface area contributed by atoms with Crippen molar-refractivity contribution < 1.29 is 9.59 Å². The molecule has 0 bridgehead atoms. The van der Waals surface area contributed by atoms with Crippen molar-refractivity contribution in [3.63, 3.8) is 0 Å². The van der Waals surface area contributed by atoms with Gasteiger partial charge in [-0.2, -0.15) is 0 Å². The zero-order chi connectivity index (χ0) is 14.5. The minimum atomic E-state index is 0. The Morgan fingerprint density at radius 2 is 1.86 bits per heavy atom. The first-order valence-electron chi connectivity index (χ1n) is 7.61. The molecule has 2 heterocycles. The van der Waals surface area contributed by atoms with Crippen molar-refractivity contribution in [1.29, 1.82) is 0 Å². The predicted octanol–water partition coefficient (Wildman–Crippen LogP) is -0.313. The largest absolute Gasteiger partial charge is 0.353 e. The molecule has 2 amide bonds.